The number of thiol groups is 1. The van der Waals surface area contributed by atoms with Crippen molar-refractivity contribution in [1.29, 1.82) is 0 Å². The first-order valence-electron chi connectivity index (χ1n) is 9.46. The lowest BCUT2D eigenvalue weighted by Crippen LogP contribution is -2.39. The Kier molecular flexibility index (Phi) is 4.87. The molecule has 0 spiro atoms. The van der Waals surface area contributed by atoms with E-state index in [1.807, 2.05) is 36.7 Å². The molecule has 5 rings (SSSR count). The van der Waals surface area contributed by atoms with E-state index in [4.69, 9.17) is 9.72 Å². The van der Waals surface area contributed by atoms with Crippen molar-refractivity contribution < 1.29 is 4.74 Å². The molecule has 1 N–H and O–H groups in total. The first-order valence-corrected chi connectivity index (χ1v) is 10.9. The summed E-state index contributed by atoms with van der Waals surface area (Å²) in [6, 6.07) is 8.06. The molecule has 1 saturated heterocycles. The number of hydrogen-bond acceptors (Lipinski definition) is 7. The van der Waals surface area contributed by atoms with E-state index in [-0.39, 0.29) is 11.0 Å². The standard InChI is InChI=1S/C21H20N4O2S2/c1-12-6-13(10-25-3-4-27-18(28)11-25)7-15-19(12)23-20(24-21(15)26)16-8-14-2-5-29-17(14)9-22-16/h2,5-9,18,28H,3-4,10-11H2,1H3,(H,23,24,26). The Morgan fingerprint density at radius 2 is 2.28 bits per heavy atom. The molecule has 6 nitrogen and oxygen atoms in total. The molecule has 0 aliphatic carbocycles. The van der Waals surface area contributed by atoms with E-state index in [9.17, 15) is 4.79 Å². The van der Waals surface area contributed by atoms with E-state index in [1.54, 1.807) is 11.3 Å². The number of hydrogen-bond donors (Lipinski definition) is 2. The van der Waals surface area contributed by atoms with Crippen LogP contribution in [0.5, 0.6) is 0 Å². The highest BCUT2D eigenvalue weighted by Crippen LogP contribution is 2.25. The number of benzene rings is 1. The van der Waals surface area contributed by atoms with Crippen LogP contribution in [0.2, 0.25) is 0 Å². The molecule has 1 atom stereocenters. The van der Waals surface area contributed by atoms with Gasteiger partial charge in [-0.05, 0) is 47.0 Å². The van der Waals surface area contributed by atoms with Crippen LogP contribution < -0.4 is 5.56 Å². The van der Waals surface area contributed by atoms with Gasteiger partial charge in [-0.15, -0.1) is 24.0 Å². The molecule has 0 bridgehead atoms. The van der Waals surface area contributed by atoms with Crippen molar-refractivity contribution >= 4 is 45.0 Å². The second-order valence-corrected chi connectivity index (χ2v) is 8.84. The molecule has 3 aromatic heterocycles. The van der Waals surface area contributed by atoms with Crippen LogP contribution in [0.4, 0.5) is 0 Å². The topological polar surface area (TPSA) is 71.1 Å². The molecule has 1 fully saturated rings. The van der Waals surface area contributed by atoms with Gasteiger partial charge in [0, 0.05) is 25.8 Å². The molecule has 0 amide bonds. The summed E-state index contributed by atoms with van der Waals surface area (Å²) in [6.45, 7) is 5.06. The van der Waals surface area contributed by atoms with Gasteiger partial charge >= 0.3 is 0 Å². The van der Waals surface area contributed by atoms with Gasteiger partial charge in [0.25, 0.3) is 5.56 Å². The van der Waals surface area contributed by atoms with Crippen LogP contribution in [-0.2, 0) is 11.3 Å². The van der Waals surface area contributed by atoms with E-state index in [2.05, 4.69) is 33.6 Å². The van der Waals surface area contributed by atoms with Crippen LogP contribution in [0.1, 0.15) is 11.1 Å². The highest BCUT2D eigenvalue weighted by Gasteiger charge is 2.18. The van der Waals surface area contributed by atoms with E-state index in [1.165, 1.54) is 0 Å². The van der Waals surface area contributed by atoms with Gasteiger partial charge in [0.2, 0.25) is 0 Å². The Balaban J connectivity index is 1.53. The minimum Gasteiger partial charge on any atom is -0.365 e. The highest BCUT2D eigenvalue weighted by molar-refractivity contribution is 7.80. The second-order valence-electron chi connectivity index (χ2n) is 7.31. The number of morpholine rings is 1. The maximum Gasteiger partial charge on any atom is 0.259 e. The first-order chi connectivity index (χ1) is 14.1. The number of aryl methyl sites for hydroxylation is 1. The van der Waals surface area contributed by atoms with Crippen molar-refractivity contribution in [3.63, 3.8) is 0 Å². The van der Waals surface area contributed by atoms with Crippen LogP contribution in [0.3, 0.4) is 0 Å². The molecule has 4 heterocycles. The molecule has 1 unspecified atom stereocenters. The van der Waals surface area contributed by atoms with Crippen molar-refractivity contribution in [3.8, 4) is 11.5 Å². The Morgan fingerprint density at radius 1 is 1.38 bits per heavy atom. The first kappa shape index (κ1) is 18.7. The number of H-pyrrole nitrogens is 1. The summed E-state index contributed by atoms with van der Waals surface area (Å²) < 4.78 is 6.60. The minimum absolute atomic E-state index is 0.0639. The number of aromatic nitrogens is 3. The predicted molar refractivity (Wildman–Crippen MR) is 120 cm³/mol. The zero-order chi connectivity index (χ0) is 20.0. The molecule has 1 aromatic carbocycles. The fourth-order valence-electron chi connectivity index (χ4n) is 3.78. The quantitative estimate of drug-likeness (QED) is 0.492. The van der Waals surface area contributed by atoms with Crippen LogP contribution in [0, 0.1) is 6.92 Å². The average Bonchev–Trinajstić information content (AvgIpc) is 3.16. The SMILES string of the molecule is Cc1cc(CN2CCOC(S)C2)cc2c(=O)[nH]c(-c3cc4ccsc4cn3)nc12. The average molecular weight is 425 g/mol. The maximum absolute atomic E-state index is 12.9. The number of pyridine rings is 1. The van der Waals surface area contributed by atoms with E-state index in [0.717, 1.165) is 40.8 Å². The normalized spacial score (nSPS) is 17.9. The number of nitrogens with one attached hydrogen (secondary N) is 1. The van der Waals surface area contributed by atoms with Crippen LogP contribution >= 0.6 is 24.0 Å². The molecule has 29 heavy (non-hydrogen) atoms. The molecule has 148 valence electrons. The zero-order valence-corrected chi connectivity index (χ0v) is 17.6. The second kappa shape index (κ2) is 7.53. The van der Waals surface area contributed by atoms with Crippen molar-refractivity contribution in [2.24, 2.45) is 0 Å². The van der Waals surface area contributed by atoms with Gasteiger partial charge in [-0.2, -0.15) is 0 Å². The fraction of sp³-hybridized carbons (Fsp3) is 0.286. The lowest BCUT2D eigenvalue weighted by molar-refractivity contribution is 0.0158. The molecular formula is C21H20N4O2S2. The number of rotatable bonds is 3. The third-order valence-electron chi connectivity index (χ3n) is 5.18. The summed E-state index contributed by atoms with van der Waals surface area (Å²) in [5.41, 5.74) is 3.26. The van der Waals surface area contributed by atoms with Gasteiger partial charge in [-0.3, -0.25) is 14.7 Å². The van der Waals surface area contributed by atoms with Gasteiger partial charge in [0.15, 0.2) is 5.82 Å². The predicted octanol–water partition coefficient (Wildman–Crippen LogP) is 3.60. The lowest BCUT2D eigenvalue weighted by Gasteiger charge is -2.30. The number of nitrogens with zero attached hydrogens (tertiary/aromatic N) is 3. The van der Waals surface area contributed by atoms with Gasteiger partial charge in [-0.1, -0.05) is 6.07 Å². The van der Waals surface area contributed by atoms with Gasteiger partial charge in [0.05, 0.1) is 22.2 Å². The number of ether oxygens (including phenoxy) is 1. The largest absolute Gasteiger partial charge is 0.365 e. The molecule has 1 aliphatic heterocycles. The molecule has 4 aromatic rings. The molecule has 8 heteroatoms. The van der Waals surface area contributed by atoms with E-state index in [0.29, 0.717) is 29.0 Å². The Bertz CT molecular complexity index is 1270. The van der Waals surface area contributed by atoms with Crippen molar-refractivity contribution in [2.45, 2.75) is 18.9 Å². The van der Waals surface area contributed by atoms with Gasteiger partial charge in [-0.25, -0.2) is 4.98 Å². The Labute approximate surface area is 177 Å². The van der Waals surface area contributed by atoms with Crippen molar-refractivity contribution in [1.82, 2.24) is 19.9 Å². The summed E-state index contributed by atoms with van der Waals surface area (Å²) in [5, 5.41) is 3.74. The monoisotopic (exact) mass is 424 g/mol. The minimum atomic E-state index is -0.142. The number of aromatic amines is 1. The highest BCUT2D eigenvalue weighted by atomic mass is 32.1. The van der Waals surface area contributed by atoms with Crippen molar-refractivity contribution in [2.75, 3.05) is 19.7 Å². The number of fused-ring (bicyclic) bond motifs is 2. The summed E-state index contributed by atoms with van der Waals surface area (Å²) >= 11 is 6.06. The van der Waals surface area contributed by atoms with Crippen LogP contribution in [0.25, 0.3) is 32.5 Å². The summed E-state index contributed by atoms with van der Waals surface area (Å²) in [7, 11) is 0. The maximum atomic E-state index is 12.9. The zero-order valence-electron chi connectivity index (χ0n) is 15.9. The number of thiophene rings is 1. The summed E-state index contributed by atoms with van der Waals surface area (Å²) in [5.74, 6) is 0.498. The molecule has 0 radical (unpaired) electrons. The molecular weight excluding hydrogens is 404 g/mol. The van der Waals surface area contributed by atoms with Gasteiger partial charge < -0.3 is 9.72 Å². The van der Waals surface area contributed by atoms with Crippen molar-refractivity contribution in [3.05, 3.63) is 57.3 Å². The van der Waals surface area contributed by atoms with Crippen LogP contribution in [0.15, 0.2) is 40.6 Å². The molecule has 1 aliphatic rings. The lowest BCUT2D eigenvalue weighted by atomic mass is 10.1. The van der Waals surface area contributed by atoms with E-state index >= 15 is 0 Å². The smallest absolute Gasteiger partial charge is 0.259 e. The third-order valence-corrected chi connectivity index (χ3v) is 6.36. The Hall–Kier alpha value is -2.26. The third kappa shape index (κ3) is 3.69. The summed E-state index contributed by atoms with van der Waals surface area (Å²) in [4.78, 5) is 27.3. The van der Waals surface area contributed by atoms with E-state index < -0.39 is 0 Å². The van der Waals surface area contributed by atoms with Gasteiger partial charge in [0.1, 0.15) is 11.1 Å². The molecule has 0 saturated carbocycles. The Morgan fingerprint density at radius 3 is 3.14 bits per heavy atom. The fourth-order valence-corrected chi connectivity index (χ4v) is 4.86. The summed E-state index contributed by atoms with van der Waals surface area (Å²) in [6.07, 6.45) is 1.83. The van der Waals surface area contributed by atoms with Crippen LogP contribution in [-0.4, -0.2) is 45.0 Å².